The Morgan fingerprint density at radius 1 is 0.861 bits per heavy atom. The number of anilines is 1. The van der Waals surface area contributed by atoms with Crippen LogP contribution in [0.5, 0.6) is 5.75 Å². The molecule has 1 aliphatic heterocycles. The van der Waals surface area contributed by atoms with Crippen LogP contribution >= 0.6 is 0 Å². The third-order valence-corrected chi connectivity index (χ3v) is 7.06. The monoisotopic (exact) mass is 480 g/mol. The van der Waals surface area contributed by atoms with E-state index in [2.05, 4.69) is 48.0 Å². The lowest BCUT2D eigenvalue weighted by Gasteiger charge is -2.35. The molecular weight excluding hydrogens is 448 g/mol. The van der Waals surface area contributed by atoms with E-state index in [0.717, 1.165) is 27.8 Å². The maximum atomic E-state index is 13.6. The summed E-state index contributed by atoms with van der Waals surface area (Å²) in [6.45, 7) is 11.5. The molecule has 184 valence electrons. The summed E-state index contributed by atoms with van der Waals surface area (Å²) in [5.74, 6) is 1.50. The Balaban J connectivity index is 1.32. The summed E-state index contributed by atoms with van der Waals surface area (Å²) in [7, 11) is 0. The number of hydrogen-bond acceptors (Lipinski definition) is 5. The Morgan fingerprint density at radius 2 is 1.61 bits per heavy atom. The maximum absolute atomic E-state index is 13.6. The minimum absolute atomic E-state index is 0.0153. The van der Waals surface area contributed by atoms with Crippen LogP contribution in [0.2, 0.25) is 0 Å². The molecule has 1 aliphatic rings. The van der Waals surface area contributed by atoms with Crippen molar-refractivity contribution in [3.05, 3.63) is 82.9 Å². The van der Waals surface area contributed by atoms with Gasteiger partial charge in [0.1, 0.15) is 5.75 Å². The van der Waals surface area contributed by atoms with Gasteiger partial charge in [-0.1, -0.05) is 36.4 Å². The van der Waals surface area contributed by atoms with Crippen LogP contribution in [0.3, 0.4) is 0 Å². The van der Waals surface area contributed by atoms with Gasteiger partial charge in [0.2, 0.25) is 0 Å². The Labute approximate surface area is 212 Å². The largest absolute Gasteiger partial charge is 0.493 e. The van der Waals surface area contributed by atoms with E-state index in [1.165, 1.54) is 16.7 Å². The van der Waals surface area contributed by atoms with E-state index in [9.17, 15) is 4.79 Å². The first-order chi connectivity index (χ1) is 17.5. The standard InChI is InChI=1S/C30H32N4O2/c1-5-36-27-12-10-23-8-6-7-9-24(23)29(27)30(35)34-16-14-33(15-17-34)28-13-11-26(31-32-28)25-19-21(3)20(2)18-22(25)4/h6-13,18-19H,5,14-17H2,1-4H3. The molecule has 0 N–H and O–H groups in total. The highest BCUT2D eigenvalue weighted by atomic mass is 16.5. The third-order valence-electron chi connectivity index (χ3n) is 7.06. The fraction of sp³-hybridized carbons (Fsp3) is 0.300. The molecule has 2 heterocycles. The lowest BCUT2D eigenvalue weighted by Crippen LogP contribution is -2.49. The first-order valence-corrected chi connectivity index (χ1v) is 12.6. The summed E-state index contributed by atoms with van der Waals surface area (Å²) in [4.78, 5) is 17.7. The molecule has 0 spiro atoms. The van der Waals surface area contributed by atoms with Crippen LogP contribution in [0.25, 0.3) is 22.0 Å². The summed E-state index contributed by atoms with van der Waals surface area (Å²) >= 11 is 0. The van der Waals surface area contributed by atoms with Crippen LogP contribution in [-0.2, 0) is 0 Å². The second-order valence-electron chi connectivity index (χ2n) is 9.40. The minimum atomic E-state index is 0.0153. The van der Waals surface area contributed by atoms with Gasteiger partial charge < -0.3 is 14.5 Å². The predicted octanol–water partition coefficient (Wildman–Crippen LogP) is 5.58. The van der Waals surface area contributed by atoms with Gasteiger partial charge in [0.25, 0.3) is 5.91 Å². The molecule has 6 nitrogen and oxygen atoms in total. The summed E-state index contributed by atoms with van der Waals surface area (Å²) in [5.41, 5.74) is 6.38. The molecule has 0 radical (unpaired) electrons. The molecule has 6 heteroatoms. The lowest BCUT2D eigenvalue weighted by atomic mass is 9.99. The summed E-state index contributed by atoms with van der Waals surface area (Å²) in [6, 6.07) is 20.4. The number of nitrogens with zero attached hydrogens (tertiary/aromatic N) is 4. The predicted molar refractivity (Wildman–Crippen MR) is 145 cm³/mol. The zero-order chi connectivity index (χ0) is 25.2. The van der Waals surface area contributed by atoms with Crippen molar-refractivity contribution in [2.24, 2.45) is 0 Å². The van der Waals surface area contributed by atoms with Gasteiger partial charge in [0.05, 0.1) is 17.9 Å². The molecule has 0 saturated carbocycles. The van der Waals surface area contributed by atoms with Crippen molar-refractivity contribution in [2.75, 3.05) is 37.7 Å². The average Bonchev–Trinajstić information content (AvgIpc) is 2.91. The number of aryl methyl sites for hydroxylation is 3. The minimum Gasteiger partial charge on any atom is -0.493 e. The number of carbonyl (C=O) groups is 1. The quantitative estimate of drug-likeness (QED) is 0.373. The fourth-order valence-corrected chi connectivity index (χ4v) is 4.92. The second-order valence-corrected chi connectivity index (χ2v) is 9.40. The number of amides is 1. The Kier molecular flexibility index (Phi) is 6.59. The average molecular weight is 481 g/mol. The first kappa shape index (κ1) is 23.8. The Hall–Kier alpha value is -3.93. The highest BCUT2D eigenvalue weighted by molar-refractivity contribution is 6.09. The zero-order valence-corrected chi connectivity index (χ0v) is 21.4. The van der Waals surface area contributed by atoms with Gasteiger partial charge in [-0.3, -0.25) is 4.79 Å². The van der Waals surface area contributed by atoms with E-state index >= 15 is 0 Å². The number of carbonyl (C=O) groups excluding carboxylic acids is 1. The van der Waals surface area contributed by atoms with Crippen LogP contribution in [-0.4, -0.2) is 53.8 Å². The molecule has 5 rings (SSSR count). The maximum Gasteiger partial charge on any atom is 0.258 e. The summed E-state index contributed by atoms with van der Waals surface area (Å²) < 4.78 is 5.84. The van der Waals surface area contributed by atoms with Crippen molar-refractivity contribution in [2.45, 2.75) is 27.7 Å². The van der Waals surface area contributed by atoms with E-state index < -0.39 is 0 Å². The molecule has 0 unspecified atom stereocenters. The number of aromatic nitrogens is 2. The Bertz CT molecular complexity index is 1410. The molecule has 0 aliphatic carbocycles. The zero-order valence-electron chi connectivity index (χ0n) is 21.4. The van der Waals surface area contributed by atoms with Gasteiger partial charge >= 0.3 is 0 Å². The number of hydrogen-bond donors (Lipinski definition) is 0. The molecule has 1 saturated heterocycles. The number of benzene rings is 3. The van der Waals surface area contributed by atoms with E-state index in [4.69, 9.17) is 4.74 Å². The van der Waals surface area contributed by atoms with Crippen molar-refractivity contribution in [3.8, 4) is 17.0 Å². The van der Waals surface area contributed by atoms with Crippen LogP contribution in [0, 0.1) is 20.8 Å². The fourth-order valence-electron chi connectivity index (χ4n) is 4.92. The SMILES string of the molecule is CCOc1ccc2ccccc2c1C(=O)N1CCN(c2ccc(-c3cc(C)c(C)cc3C)nn2)CC1. The van der Waals surface area contributed by atoms with Gasteiger partial charge in [-0.25, -0.2) is 0 Å². The highest BCUT2D eigenvalue weighted by Gasteiger charge is 2.26. The number of fused-ring (bicyclic) bond motifs is 1. The van der Waals surface area contributed by atoms with Gasteiger partial charge in [-0.15, -0.1) is 10.2 Å². The number of piperazine rings is 1. The summed E-state index contributed by atoms with van der Waals surface area (Å²) in [6.07, 6.45) is 0. The molecule has 36 heavy (non-hydrogen) atoms. The molecule has 0 atom stereocenters. The summed E-state index contributed by atoms with van der Waals surface area (Å²) in [5, 5.41) is 11.0. The number of rotatable bonds is 5. The van der Waals surface area contributed by atoms with Crippen molar-refractivity contribution in [1.82, 2.24) is 15.1 Å². The number of ether oxygens (including phenoxy) is 1. The van der Waals surface area contributed by atoms with Crippen molar-refractivity contribution in [1.29, 1.82) is 0 Å². The smallest absolute Gasteiger partial charge is 0.258 e. The van der Waals surface area contributed by atoms with Gasteiger partial charge in [0, 0.05) is 31.7 Å². The van der Waals surface area contributed by atoms with Crippen LogP contribution in [0.4, 0.5) is 5.82 Å². The van der Waals surface area contributed by atoms with Crippen molar-refractivity contribution < 1.29 is 9.53 Å². The molecular formula is C30H32N4O2. The van der Waals surface area contributed by atoms with Gasteiger partial charge in [-0.2, -0.15) is 0 Å². The third kappa shape index (κ3) is 4.51. The first-order valence-electron chi connectivity index (χ1n) is 12.6. The molecule has 1 fully saturated rings. The molecule has 3 aromatic carbocycles. The topological polar surface area (TPSA) is 58.6 Å². The van der Waals surface area contributed by atoms with E-state index in [-0.39, 0.29) is 5.91 Å². The van der Waals surface area contributed by atoms with E-state index in [0.29, 0.717) is 44.1 Å². The van der Waals surface area contributed by atoms with Crippen LogP contribution < -0.4 is 9.64 Å². The molecule has 0 bridgehead atoms. The van der Waals surface area contributed by atoms with Crippen LogP contribution in [0.15, 0.2) is 60.7 Å². The molecule has 1 aromatic heterocycles. The van der Waals surface area contributed by atoms with Gasteiger partial charge in [-0.05, 0) is 79.4 Å². The molecule has 4 aromatic rings. The second kappa shape index (κ2) is 9.97. The normalized spacial score (nSPS) is 13.8. The van der Waals surface area contributed by atoms with Crippen LogP contribution in [0.1, 0.15) is 34.0 Å². The highest BCUT2D eigenvalue weighted by Crippen LogP contribution is 2.30. The lowest BCUT2D eigenvalue weighted by molar-refractivity contribution is 0.0744. The van der Waals surface area contributed by atoms with Crippen molar-refractivity contribution >= 4 is 22.5 Å². The molecule has 1 amide bonds. The van der Waals surface area contributed by atoms with Crippen molar-refractivity contribution in [3.63, 3.8) is 0 Å². The Morgan fingerprint density at radius 3 is 2.33 bits per heavy atom. The van der Waals surface area contributed by atoms with E-state index in [1.807, 2.05) is 60.4 Å². The van der Waals surface area contributed by atoms with Gasteiger partial charge in [0.15, 0.2) is 5.82 Å². The van der Waals surface area contributed by atoms with E-state index in [1.54, 1.807) is 0 Å².